The van der Waals surface area contributed by atoms with E-state index in [0.717, 1.165) is 38.9 Å². The maximum absolute atomic E-state index is 8.76. The molecule has 5 nitrogen and oxygen atoms in total. The molecule has 1 aliphatic rings. The molecular formula is C13H30BN3O2. The first-order chi connectivity index (χ1) is 9.08. The molecule has 1 rings (SSSR count). The van der Waals surface area contributed by atoms with E-state index >= 15 is 0 Å². The van der Waals surface area contributed by atoms with Gasteiger partial charge in [0.15, 0.2) is 0 Å². The Hall–Kier alpha value is -0.135. The summed E-state index contributed by atoms with van der Waals surface area (Å²) in [6, 6.07) is 0.240. The largest absolute Gasteiger partial charge is 0.451 e. The van der Waals surface area contributed by atoms with E-state index < -0.39 is 7.12 Å². The topological polar surface area (TPSA) is 73.0 Å². The van der Waals surface area contributed by atoms with Crippen molar-refractivity contribution in [2.75, 3.05) is 33.4 Å². The predicted octanol–water partition coefficient (Wildman–Crippen LogP) is 0.332. The monoisotopic (exact) mass is 271 g/mol. The first-order valence-electron chi connectivity index (χ1n) is 7.60. The van der Waals surface area contributed by atoms with Crippen molar-refractivity contribution in [2.45, 2.75) is 50.9 Å². The lowest BCUT2D eigenvalue weighted by Crippen LogP contribution is -2.36. The van der Waals surface area contributed by atoms with E-state index in [-0.39, 0.29) is 6.04 Å². The van der Waals surface area contributed by atoms with Gasteiger partial charge in [-0.3, -0.25) is 9.80 Å². The molecule has 0 amide bonds. The lowest BCUT2D eigenvalue weighted by atomic mass is 9.83. The summed E-state index contributed by atoms with van der Waals surface area (Å²) in [6.45, 7) is 4.53. The van der Waals surface area contributed by atoms with Crippen LogP contribution >= 0.6 is 0 Å². The Labute approximate surface area is 117 Å². The first kappa shape index (κ1) is 16.9. The minimum Gasteiger partial charge on any atom is -0.427 e. The molecule has 1 aliphatic heterocycles. The van der Waals surface area contributed by atoms with E-state index in [9.17, 15) is 0 Å². The normalized spacial score (nSPS) is 20.2. The summed E-state index contributed by atoms with van der Waals surface area (Å²) in [7, 11) is 1.02. The van der Waals surface area contributed by atoms with Gasteiger partial charge in [0.25, 0.3) is 0 Å². The van der Waals surface area contributed by atoms with Gasteiger partial charge in [0, 0.05) is 12.6 Å². The number of hydrogen-bond donors (Lipinski definition) is 3. The molecular weight excluding hydrogens is 241 g/mol. The predicted molar refractivity (Wildman–Crippen MR) is 79.7 cm³/mol. The Kier molecular flexibility index (Phi) is 8.65. The maximum Gasteiger partial charge on any atom is 0.451 e. The summed E-state index contributed by atoms with van der Waals surface area (Å²) >= 11 is 0. The summed E-state index contributed by atoms with van der Waals surface area (Å²) in [6.07, 6.45) is 6.89. The van der Waals surface area contributed by atoms with Crippen molar-refractivity contribution in [3.8, 4) is 0 Å². The highest BCUT2D eigenvalue weighted by atomic mass is 16.4. The fraction of sp³-hybridized carbons (Fsp3) is 1.00. The Bertz CT molecular complexity index is 232. The highest BCUT2D eigenvalue weighted by Gasteiger charge is 2.14. The van der Waals surface area contributed by atoms with Gasteiger partial charge in [0.05, 0.1) is 6.67 Å². The Morgan fingerprint density at radius 1 is 1.16 bits per heavy atom. The highest BCUT2D eigenvalue weighted by molar-refractivity contribution is 6.40. The van der Waals surface area contributed by atoms with Crippen LogP contribution < -0.4 is 5.73 Å². The highest BCUT2D eigenvalue weighted by Crippen LogP contribution is 2.09. The zero-order valence-electron chi connectivity index (χ0n) is 12.3. The summed E-state index contributed by atoms with van der Waals surface area (Å²) in [5.74, 6) is 0. The lowest BCUT2D eigenvalue weighted by molar-refractivity contribution is 0.175. The van der Waals surface area contributed by atoms with E-state index in [1.807, 2.05) is 0 Å². The third-order valence-corrected chi connectivity index (χ3v) is 3.81. The molecule has 1 unspecified atom stereocenters. The SMILES string of the molecule is CN1CCCCN(CCC(N)CCCCB(O)O)C1. The molecule has 4 N–H and O–H groups in total. The molecule has 1 heterocycles. The van der Waals surface area contributed by atoms with Gasteiger partial charge in [-0.1, -0.05) is 12.8 Å². The van der Waals surface area contributed by atoms with Crippen LogP contribution in [-0.4, -0.2) is 66.4 Å². The molecule has 1 atom stereocenters. The van der Waals surface area contributed by atoms with Crippen LogP contribution in [0.2, 0.25) is 6.32 Å². The molecule has 0 bridgehead atoms. The molecule has 0 aromatic heterocycles. The van der Waals surface area contributed by atoms with Gasteiger partial charge >= 0.3 is 7.12 Å². The lowest BCUT2D eigenvalue weighted by Gasteiger charge is -2.25. The molecule has 0 aromatic rings. The summed E-state index contributed by atoms with van der Waals surface area (Å²) in [5, 5.41) is 17.5. The van der Waals surface area contributed by atoms with Crippen LogP contribution in [0, 0.1) is 0 Å². The van der Waals surface area contributed by atoms with Crippen LogP contribution in [0.5, 0.6) is 0 Å². The summed E-state index contributed by atoms with van der Waals surface area (Å²) < 4.78 is 0. The maximum atomic E-state index is 8.76. The van der Waals surface area contributed by atoms with Crippen molar-refractivity contribution in [1.82, 2.24) is 9.80 Å². The Balaban J connectivity index is 2.06. The minimum atomic E-state index is -1.16. The van der Waals surface area contributed by atoms with Gasteiger partial charge in [-0.15, -0.1) is 0 Å². The van der Waals surface area contributed by atoms with Crippen molar-refractivity contribution in [1.29, 1.82) is 0 Å². The van der Waals surface area contributed by atoms with Gasteiger partial charge in [-0.2, -0.15) is 0 Å². The van der Waals surface area contributed by atoms with Gasteiger partial charge in [-0.25, -0.2) is 0 Å². The number of nitrogens with zero attached hydrogens (tertiary/aromatic N) is 2. The van der Waals surface area contributed by atoms with E-state index in [2.05, 4.69) is 16.8 Å². The number of hydrogen-bond acceptors (Lipinski definition) is 5. The average Bonchev–Trinajstić information content (AvgIpc) is 2.56. The van der Waals surface area contributed by atoms with Gasteiger partial charge in [0.2, 0.25) is 0 Å². The molecule has 0 saturated carbocycles. The molecule has 0 aromatic carbocycles. The van der Waals surface area contributed by atoms with Crippen molar-refractivity contribution in [2.24, 2.45) is 5.73 Å². The zero-order valence-corrected chi connectivity index (χ0v) is 12.3. The molecule has 112 valence electrons. The second kappa shape index (κ2) is 9.72. The van der Waals surface area contributed by atoms with E-state index in [0.29, 0.717) is 6.32 Å². The smallest absolute Gasteiger partial charge is 0.427 e. The van der Waals surface area contributed by atoms with Crippen LogP contribution in [-0.2, 0) is 0 Å². The van der Waals surface area contributed by atoms with E-state index in [4.69, 9.17) is 15.8 Å². The fourth-order valence-corrected chi connectivity index (χ4v) is 2.61. The molecule has 0 radical (unpaired) electrons. The third-order valence-electron chi connectivity index (χ3n) is 3.81. The zero-order chi connectivity index (χ0) is 14.1. The second-order valence-corrected chi connectivity index (χ2v) is 5.86. The molecule has 1 saturated heterocycles. The molecule has 6 heteroatoms. The third kappa shape index (κ3) is 8.60. The summed E-state index contributed by atoms with van der Waals surface area (Å²) in [5.41, 5.74) is 6.12. The average molecular weight is 271 g/mol. The first-order valence-corrected chi connectivity index (χ1v) is 7.60. The van der Waals surface area contributed by atoms with Crippen molar-refractivity contribution >= 4 is 7.12 Å². The van der Waals surface area contributed by atoms with Crippen LogP contribution in [0.3, 0.4) is 0 Å². The standard InChI is InChI=1S/C13H30BN3O2/c1-16-9-4-5-10-17(12-16)11-7-13(15)6-2-3-8-14(18)19/h13,18-19H,2-12,15H2,1H3. The minimum absolute atomic E-state index is 0.240. The molecule has 0 aliphatic carbocycles. The molecule has 1 fully saturated rings. The Morgan fingerprint density at radius 2 is 1.89 bits per heavy atom. The van der Waals surface area contributed by atoms with E-state index in [1.54, 1.807) is 0 Å². The summed E-state index contributed by atoms with van der Waals surface area (Å²) in [4.78, 5) is 4.87. The molecule has 19 heavy (non-hydrogen) atoms. The van der Waals surface area contributed by atoms with Crippen molar-refractivity contribution in [3.63, 3.8) is 0 Å². The van der Waals surface area contributed by atoms with Crippen LogP contribution in [0.25, 0.3) is 0 Å². The van der Waals surface area contributed by atoms with E-state index in [1.165, 1.54) is 25.9 Å². The Morgan fingerprint density at radius 3 is 2.63 bits per heavy atom. The van der Waals surface area contributed by atoms with Crippen molar-refractivity contribution < 1.29 is 10.0 Å². The van der Waals surface area contributed by atoms with Gasteiger partial charge < -0.3 is 15.8 Å². The van der Waals surface area contributed by atoms with Crippen LogP contribution in [0.1, 0.15) is 38.5 Å². The quantitative estimate of drug-likeness (QED) is 0.438. The molecule has 0 spiro atoms. The van der Waals surface area contributed by atoms with Gasteiger partial charge in [0.1, 0.15) is 0 Å². The van der Waals surface area contributed by atoms with Crippen molar-refractivity contribution in [3.05, 3.63) is 0 Å². The van der Waals surface area contributed by atoms with Crippen LogP contribution in [0.4, 0.5) is 0 Å². The number of nitrogens with two attached hydrogens (primary N) is 1. The second-order valence-electron chi connectivity index (χ2n) is 5.86. The number of unbranched alkanes of at least 4 members (excludes halogenated alkanes) is 1. The van der Waals surface area contributed by atoms with Gasteiger partial charge in [-0.05, 0) is 52.1 Å². The fourth-order valence-electron chi connectivity index (χ4n) is 2.61. The number of rotatable bonds is 8. The van der Waals surface area contributed by atoms with Crippen LogP contribution in [0.15, 0.2) is 0 Å².